The molecule has 0 bridgehead atoms. The summed E-state index contributed by atoms with van der Waals surface area (Å²) in [6.45, 7) is 5.79. The maximum Gasteiger partial charge on any atom is 0.100 e. The molecule has 1 unspecified atom stereocenters. The fourth-order valence-corrected chi connectivity index (χ4v) is 2.87. The zero-order chi connectivity index (χ0) is 13.9. The summed E-state index contributed by atoms with van der Waals surface area (Å²) >= 11 is 0. The Morgan fingerprint density at radius 1 is 0.789 bits per heavy atom. The molecule has 0 saturated heterocycles. The highest BCUT2D eigenvalue weighted by atomic mass is 15.4. The molecule has 0 aliphatic carbocycles. The van der Waals surface area contributed by atoms with Crippen LogP contribution in [0.4, 0.5) is 0 Å². The van der Waals surface area contributed by atoms with Gasteiger partial charge in [-0.3, -0.25) is 0 Å². The summed E-state index contributed by atoms with van der Waals surface area (Å²) in [6.07, 6.45) is 18.9. The molecule has 0 aromatic carbocycles. The first-order valence-corrected chi connectivity index (χ1v) is 8.45. The van der Waals surface area contributed by atoms with Crippen LogP contribution in [0.3, 0.4) is 0 Å². The van der Waals surface area contributed by atoms with Crippen LogP contribution < -0.4 is 0 Å². The van der Waals surface area contributed by atoms with E-state index < -0.39 is 0 Å². The van der Waals surface area contributed by atoms with Crippen LogP contribution in [0.25, 0.3) is 0 Å². The quantitative estimate of drug-likeness (QED) is 0.487. The Kier molecular flexibility index (Phi) is 8.77. The molecule has 0 saturated carbocycles. The minimum Gasteiger partial charge on any atom is -0.359 e. The van der Waals surface area contributed by atoms with Crippen LogP contribution in [0.2, 0.25) is 0 Å². The second-order valence-corrected chi connectivity index (χ2v) is 5.95. The van der Waals surface area contributed by atoms with Gasteiger partial charge in [-0.25, -0.2) is 0 Å². The van der Waals surface area contributed by atoms with Gasteiger partial charge in [-0.1, -0.05) is 58.8 Å². The fourth-order valence-electron chi connectivity index (χ4n) is 2.87. The predicted octanol–water partition coefficient (Wildman–Crippen LogP) is 4.97. The van der Waals surface area contributed by atoms with E-state index in [0.717, 1.165) is 0 Å². The van der Waals surface area contributed by atoms with Gasteiger partial charge in [0, 0.05) is 26.0 Å². The molecule has 2 nitrogen and oxygen atoms in total. The van der Waals surface area contributed by atoms with E-state index in [1.54, 1.807) is 0 Å². The number of hydrogen-bond acceptors (Lipinski definition) is 2. The molecule has 19 heavy (non-hydrogen) atoms. The van der Waals surface area contributed by atoms with Crippen molar-refractivity contribution in [3.05, 3.63) is 12.4 Å². The SMILES string of the molecule is CCCCCCCCC1N(C)C=CN1CCCCC. The number of unbranched alkanes of at least 4 members (excludes halogenated alkanes) is 7. The highest BCUT2D eigenvalue weighted by Crippen LogP contribution is 2.20. The lowest BCUT2D eigenvalue weighted by Crippen LogP contribution is -2.36. The van der Waals surface area contributed by atoms with Crippen molar-refractivity contribution in [2.75, 3.05) is 13.6 Å². The van der Waals surface area contributed by atoms with E-state index in [-0.39, 0.29) is 0 Å². The monoisotopic (exact) mass is 266 g/mol. The second-order valence-electron chi connectivity index (χ2n) is 5.95. The van der Waals surface area contributed by atoms with E-state index in [9.17, 15) is 0 Å². The third kappa shape index (κ3) is 6.35. The molecule has 0 radical (unpaired) electrons. The molecule has 0 spiro atoms. The van der Waals surface area contributed by atoms with Gasteiger partial charge in [0.15, 0.2) is 0 Å². The van der Waals surface area contributed by atoms with Crippen molar-refractivity contribution in [2.45, 2.75) is 84.2 Å². The van der Waals surface area contributed by atoms with Crippen molar-refractivity contribution in [1.82, 2.24) is 9.80 Å². The number of rotatable bonds is 11. The summed E-state index contributed by atoms with van der Waals surface area (Å²) in [5.41, 5.74) is 0. The lowest BCUT2D eigenvalue weighted by Gasteiger charge is -2.30. The van der Waals surface area contributed by atoms with Crippen LogP contribution in [0.15, 0.2) is 12.4 Å². The highest BCUT2D eigenvalue weighted by molar-refractivity contribution is 4.95. The topological polar surface area (TPSA) is 6.48 Å². The molecule has 0 aromatic rings. The molecule has 112 valence electrons. The Morgan fingerprint density at radius 2 is 1.42 bits per heavy atom. The van der Waals surface area contributed by atoms with Gasteiger partial charge >= 0.3 is 0 Å². The van der Waals surface area contributed by atoms with Crippen LogP contribution >= 0.6 is 0 Å². The van der Waals surface area contributed by atoms with Crippen LogP contribution in [-0.4, -0.2) is 29.6 Å². The lowest BCUT2D eigenvalue weighted by atomic mass is 10.1. The Labute approximate surface area is 120 Å². The molecule has 1 aliphatic heterocycles. The maximum atomic E-state index is 2.54. The zero-order valence-corrected chi connectivity index (χ0v) is 13.4. The molecule has 0 aromatic heterocycles. The van der Waals surface area contributed by atoms with E-state index in [2.05, 4.69) is 43.1 Å². The molecule has 0 N–H and O–H groups in total. The van der Waals surface area contributed by atoms with E-state index in [0.29, 0.717) is 6.17 Å². The molecule has 2 heteroatoms. The standard InChI is InChI=1S/C17H34N2/c1-4-6-8-9-10-11-13-17-18(3)15-16-19(17)14-12-7-5-2/h15-17H,4-14H2,1-3H3. The van der Waals surface area contributed by atoms with E-state index in [1.165, 1.54) is 70.8 Å². The lowest BCUT2D eigenvalue weighted by molar-refractivity contribution is 0.159. The normalized spacial score (nSPS) is 18.6. The van der Waals surface area contributed by atoms with Crippen molar-refractivity contribution in [2.24, 2.45) is 0 Å². The summed E-state index contributed by atoms with van der Waals surface area (Å²) in [5.74, 6) is 0. The number of nitrogens with zero attached hydrogens (tertiary/aromatic N) is 2. The van der Waals surface area contributed by atoms with E-state index in [1.807, 2.05) is 0 Å². The number of hydrogen-bond donors (Lipinski definition) is 0. The van der Waals surface area contributed by atoms with Crippen LogP contribution in [0, 0.1) is 0 Å². The van der Waals surface area contributed by atoms with E-state index in [4.69, 9.17) is 0 Å². The van der Waals surface area contributed by atoms with Gasteiger partial charge in [0.05, 0.1) is 0 Å². The van der Waals surface area contributed by atoms with Gasteiger partial charge in [0.1, 0.15) is 6.17 Å². The van der Waals surface area contributed by atoms with Gasteiger partial charge in [-0.05, 0) is 19.3 Å². The van der Waals surface area contributed by atoms with Crippen molar-refractivity contribution < 1.29 is 0 Å². The third-order valence-corrected chi connectivity index (χ3v) is 4.18. The molecule has 0 amide bonds. The summed E-state index contributed by atoms with van der Waals surface area (Å²) in [4.78, 5) is 4.93. The first kappa shape index (κ1) is 16.4. The molecule has 1 heterocycles. The highest BCUT2D eigenvalue weighted by Gasteiger charge is 2.22. The van der Waals surface area contributed by atoms with Crippen molar-refractivity contribution in [3.8, 4) is 0 Å². The summed E-state index contributed by atoms with van der Waals surface area (Å²) in [5, 5.41) is 0. The first-order valence-electron chi connectivity index (χ1n) is 8.45. The smallest absolute Gasteiger partial charge is 0.100 e. The van der Waals surface area contributed by atoms with Gasteiger partial charge in [0.25, 0.3) is 0 Å². The van der Waals surface area contributed by atoms with Crippen molar-refractivity contribution in [3.63, 3.8) is 0 Å². The average Bonchev–Trinajstić information content (AvgIpc) is 2.75. The van der Waals surface area contributed by atoms with Crippen LogP contribution in [-0.2, 0) is 0 Å². The molecule has 1 rings (SSSR count). The first-order chi connectivity index (χ1) is 9.29. The van der Waals surface area contributed by atoms with Crippen molar-refractivity contribution >= 4 is 0 Å². The largest absolute Gasteiger partial charge is 0.359 e. The van der Waals surface area contributed by atoms with Gasteiger partial charge < -0.3 is 9.80 Å². The molecule has 1 atom stereocenters. The van der Waals surface area contributed by atoms with Crippen LogP contribution in [0.1, 0.15) is 78.1 Å². The van der Waals surface area contributed by atoms with Gasteiger partial charge in [-0.2, -0.15) is 0 Å². The Hall–Kier alpha value is -0.660. The Balaban J connectivity index is 2.14. The zero-order valence-electron chi connectivity index (χ0n) is 13.4. The molecular weight excluding hydrogens is 232 g/mol. The third-order valence-electron chi connectivity index (χ3n) is 4.18. The molecule has 1 aliphatic rings. The van der Waals surface area contributed by atoms with Gasteiger partial charge in [-0.15, -0.1) is 0 Å². The van der Waals surface area contributed by atoms with Crippen LogP contribution in [0.5, 0.6) is 0 Å². The second kappa shape index (κ2) is 10.2. The van der Waals surface area contributed by atoms with Gasteiger partial charge in [0.2, 0.25) is 0 Å². The maximum absolute atomic E-state index is 2.54. The Bertz CT molecular complexity index is 237. The summed E-state index contributed by atoms with van der Waals surface area (Å²) < 4.78 is 0. The van der Waals surface area contributed by atoms with Crippen molar-refractivity contribution in [1.29, 1.82) is 0 Å². The average molecular weight is 266 g/mol. The fraction of sp³-hybridized carbons (Fsp3) is 0.882. The molecular formula is C17H34N2. The Morgan fingerprint density at radius 3 is 2.16 bits per heavy atom. The minimum absolute atomic E-state index is 0.628. The van der Waals surface area contributed by atoms with E-state index >= 15 is 0 Å². The molecule has 0 fully saturated rings. The summed E-state index contributed by atoms with van der Waals surface area (Å²) in [7, 11) is 2.22. The summed E-state index contributed by atoms with van der Waals surface area (Å²) in [6, 6.07) is 0. The predicted molar refractivity (Wildman–Crippen MR) is 84.9 cm³/mol. The minimum atomic E-state index is 0.628.